The van der Waals surface area contributed by atoms with Crippen molar-refractivity contribution in [3.8, 4) is 17.2 Å². The number of amidine groups is 2. The number of aryl methyl sites for hydroxylation is 4. The molecule has 111 heavy (non-hydrogen) atoms. The van der Waals surface area contributed by atoms with E-state index in [4.69, 9.17) is 62.4 Å². The van der Waals surface area contributed by atoms with Crippen LogP contribution in [-0.2, 0) is 65.5 Å². The predicted molar refractivity (Wildman–Crippen MR) is 474 cm³/mol. The van der Waals surface area contributed by atoms with Gasteiger partial charge in [-0.3, -0.25) is 9.98 Å². The summed E-state index contributed by atoms with van der Waals surface area (Å²) >= 11 is 7.00. The quantitative estimate of drug-likeness (QED) is 0.0673. The minimum Gasteiger partial charge on any atom is -0.0622 e. The summed E-state index contributed by atoms with van der Waals surface area (Å²) in [6.45, 7) is 7.40. The molecule has 6 aliphatic rings. The number of fused-ring (bicyclic) bond motifs is 8. The van der Waals surface area contributed by atoms with E-state index in [0.29, 0.717) is 16.7 Å². The Hall–Kier alpha value is -8.17. The van der Waals surface area contributed by atoms with E-state index in [-0.39, 0.29) is 37.8 Å². The first-order valence-corrected chi connectivity index (χ1v) is 46.8. The largest absolute Gasteiger partial charge is 0.0622 e. The van der Waals surface area contributed by atoms with Crippen LogP contribution >= 0.6 is 74.4 Å². The maximum absolute atomic E-state index is 8.69. The normalized spacial score (nSPS) is 17.6. The molecule has 12 aromatic carbocycles. The van der Waals surface area contributed by atoms with E-state index in [0.717, 1.165) is 96.1 Å². The standard InChI is InChI=1S/C29H27N3S.C22H23BrN2S.2C18H15P.C7H6BNO2.2ClH.Pd/c1-31-25-8-4-7-22(17-25)23-9-10-24-19-28(13-11-20-5-2-3-6-21(20)12-14-28)29(26(24)18-23)15-16-33-27(30)32-29;23-18-6-5-17-14-21(9-7-15-3-1-2-4-16(15)8-10-21)22(19(17)13-18)11-12-26-20(24)25-22;2*1-4-10-16(11-5-1)19(17-12-6-2-7-13-17)18-14-8-3-9-15-18;9-5-6-2-1-3-7(4-6)8(10)11;;;/h2-10,17-18H,11-16,19H2,(H2,30,32);1-6,13H,7-12,14H2,(H2,24,25);2*1-15H;1-4,10-11H;2*1H;/q;;;;;;;+2/p-2. The van der Waals surface area contributed by atoms with Crippen LogP contribution in [0.1, 0.15) is 88.6 Å². The minimum atomic E-state index is -1.50. The molecule has 6 N–H and O–H groups in total. The second kappa shape index (κ2) is 38.6. The van der Waals surface area contributed by atoms with Gasteiger partial charge >= 0.3 is 42.1 Å². The Balaban J connectivity index is 0.000000125. The predicted octanol–water partition coefficient (Wildman–Crippen LogP) is 19.4. The Kier molecular flexibility index (Phi) is 28.1. The van der Waals surface area contributed by atoms with Crippen molar-refractivity contribution < 1.29 is 26.0 Å². The maximum atomic E-state index is 8.69. The molecule has 0 radical (unpaired) electrons. The number of aliphatic imine (C=N–C) groups is 2. The molecule has 0 bridgehead atoms. The fourth-order valence-electron chi connectivity index (χ4n) is 17.2. The molecule has 8 nitrogen and oxygen atoms in total. The van der Waals surface area contributed by atoms with E-state index >= 15 is 0 Å². The van der Waals surface area contributed by atoms with Gasteiger partial charge in [-0.15, -0.1) is 0 Å². The molecule has 560 valence electrons. The summed E-state index contributed by atoms with van der Waals surface area (Å²) in [5.41, 5.74) is 28.0. The molecule has 4 aliphatic carbocycles. The molecule has 2 heterocycles. The monoisotopic (exact) mass is 1720 g/mol. The van der Waals surface area contributed by atoms with Crippen LogP contribution in [0, 0.1) is 28.7 Å². The van der Waals surface area contributed by atoms with Gasteiger partial charge in [-0.1, -0.05) is 319 Å². The zero-order chi connectivity index (χ0) is 77.1. The molecule has 2 unspecified atom stereocenters. The van der Waals surface area contributed by atoms with Gasteiger partial charge in [0.05, 0.1) is 29.3 Å². The first-order chi connectivity index (χ1) is 54.3. The molecule has 0 amide bonds. The van der Waals surface area contributed by atoms with Crippen molar-refractivity contribution in [3.63, 3.8) is 0 Å². The minimum absolute atomic E-state index is 0.0942. The molecule has 0 saturated carbocycles. The van der Waals surface area contributed by atoms with Crippen LogP contribution in [-0.4, -0.2) is 39.0 Å². The van der Waals surface area contributed by atoms with Gasteiger partial charge in [0.2, 0.25) is 0 Å². The summed E-state index contributed by atoms with van der Waals surface area (Å²) < 4.78 is 1.15. The van der Waals surface area contributed by atoms with Gasteiger partial charge in [-0.2, -0.15) is 5.26 Å². The zero-order valence-electron chi connectivity index (χ0n) is 61.5. The van der Waals surface area contributed by atoms with Gasteiger partial charge < -0.3 is 21.5 Å². The van der Waals surface area contributed by atoms with Crippen LogP contribution in [0.4, 0.5) is 5.69 Å². The van der Waals surface area contributed by atoms with Crippen LogP contribution in [0.25, 0.3) is 16.0 Å². The molecule has 12 aromatic rings. The average molecular weight is 1730 g/mol. The number of hydrogen-bond acceptors (Lipinski definition) is 9. The van der Waals surface area contributed by atoms with E-state index in [1.807, 2.05) is 24.3 Å². The third kappa shape index (κ3) is 18.9. The summed E-state index contributed by atoms with van der Waals surface area (Å²) in [6.07, 6.45) is 13.5. The van der Waals surface area contributed by atoms with Crippen LogP contribution < -0.4 is 48.8 Å². The first kappa shape index (κ1) is 80.9. The second-order valence-electron chi connectivity index (χ2n) is 28.4. The number of halogens is 3. The summed E-state index contributed by atoms with van der Waals surface area (Å²) in [5.74, 6) is 2.08. The van der Waals surface area contributed by atoms with Gasteiger partial charge in [0.15, 0.2) is 16.0 Å². The van der Waals surface area contributed by atoms with Crippen molar-refractivity contribution in [1.29, 1.82) is 5.26 Å². The van der Waals surface area contributed by atoms with E-state index in [9.17, 15) is 0 Å². The van der Waals surface area contributed by atoms with Crippen molar-refractivity contribution in [2.75, 3.05) is 11.5 Å². The van der Waals surface area contributed by atoms with Gasteiger partial charge in [-0.05, 0) is 222 Å². The average Bonchev–Trinajstić information content (AvgIpc) is 1.55. The van der Waals surface area contributed by atoms with E-state index < -0.39 is 23.0 Å². The van der Waals surface area contributed by atoms with Crippen molar-refractivity contribution in [3.05, 3.63) is 381 Å². The van der Waals surface area contributed by atoms with Crippen LogP contribution in [0.3, 0.4) is 0 Å². The Labute approximate surface area is 690 Å². The number of benzene rings is 12. The van der Waals surface area contributed by atoms with Crippen LogP contribution in [0.15, 0.2) is 330 Å². The molecule has 18 rings (SSSR count). The van der Waals surface area contributed by atoms with Gasteiger partial charge in [0.25, 0.3) is 0 Å². The third-order valence-corrected chi connectivity index (χ3v) is 29.3. The van der Waals surface area contributed by atoms with Crippen LogP contribution in [0.2, 0.25) is 0 Å². The number of nitrogens with zero attached hydrogens (tertiary/aromatic N) is 4. The number of nitriles is 1. The molecule has 2 atom stereocenters. The molecule has 4 spiro atoms. The third-order valence-electron chi connectivity index (χ3n) is 22.4. The zero-order valence-corrected chi connectivity index (χ0v) is 69.6. The fourth-order valence-corrected chi connectivity index (χ4v) is 23.8. The van der Waals surface area contributed by atoms with Gasteiger partial charge in [0, 0.05) is 26.8 Å². The summed E-state index contributed by atoms with van der Waals surface area (Å²) in [7, 11) is 7.24. The summed E-state index contributed by atoms with van der Waals surface area (Å²) in [5, 5.41) is 35.7. The Morgan fingerprint density at radius 2 is 0.784 bits per heavy atom. The molecular formula is C94H86BBrCl2N6O2P2PdS2. The second-order valence-corrected chi connectivity index (χ2v) is 38.4. The Morgan fingerprint density at radius 3 is 1.14 bits per heavy atom. The Morgan fingerprint density at radius 1 is 0.432 bits per heavy atom. The molecule has 0 saturated heterocycles. The number of nitrogens with two attached hydrogens (primary N) is 2. The van der Waals surface area contributed by atoms with E-state index in [1.165, 1.54) is 101 Å². The molecule has 0 aromatic heterocycles. The van der Waals surface area contributed by atoms with Crippen molar-refractivity contribution in [2.24, 2.45) is 32.3 Å². The fraction of sp³-hybridized carbons (Fsp3) is 0.191. The van der Waals surface area contributed by atoms with Crippen LogP contribution in [0.5, 0.6) is 0 Å². The van der Waals surface area contributed by atoms with Crippen molar-refractivity contribution in [1.82, 2.24) is 0 Å². The number of thioether (sulfide) groups is 2. The van der Waals surface area contributed by atoms with E-state index in [1.54, 1.807) is 41.7 Å². The number of hydrogen-bond donors (Lipinski definition) is 4. The summed E-state index contributed by atoms with van der Waals surface area (Å²) in [4.78, 5) is 14.2. The Bertz CT molecular complexity index is 4910. The van der Waals surface area contributed by atoms with Gasteiger partial charge in [0.1, 0.15) is 0 Å². The SMILES string of the molecule is N#Cc1cccc(B(O)O)c1.NC1=NC2(CCS1)c1cc(Br)ccc1CC21CCc2ccccc2CC1.[C-]#[N+]c1cccc(-c2ccc3c(c2)C2(CCSC(N)=N2)C2(CCc4ccccc4CC2)C3)c1.[Cl][Pd][Cl].c1ccc(P(c2ccccc2)c2ccccc2)cc1.c1ccc(P(c2ccccc2)c2ccccc2)cc1. The van der Waals surface area contributed by atoms with Crippen molar-refractivity contribution in [2.45, 2.75) is 88.1 Å². The molecular weight excluding hydrogens is 1640 g/mol. The molecule has 2 aliphatic heterocycles. The number of rotatable bonds is 8. The first-order valence-electron chi connectivity index (χ1n) is 37.4. The van der Waals surface area contributed by atoms with Gasteiger partial charge in [-0.25, -0.2) is 4.85 Å². The van der Waals surface area contributed by atoms with Crippen molar-refractivity contribution >= 4 is 135 Å². The summed E-state index contributed by atoms with van der Waals surface area (Å²) in [6, 6.07) is 112. The topological polar surface area (TPSA) is 145 Å². The molecule has 17 heteroatoms. The van der Waals surface area contributed by atoms with E-state index in [2.05, 4.69) is 294 Å². The maximum Gasteiger partial charge on any atom is -0.0134 e. The smallest absolute Gasteiger partial charge is 0.0134 e. The molecule has 0 fully saturated rings.